The molecule has 2 aliphatic rings. The second-order valence-electron chi connectivity index (χ2n) is 7.65. The first-order valence-electron chi connectivity index (χ1n) is 9.68. The lowest BCUT2D eigenvalue weighted by Crippen LogP contribution is -2.38. The summed E-state index contributed by atoms with van der Waals surface area (Å²) >= 11 is 0. The lowest BCUT2D eigenvalue weighted by molar-refractivity contribution is 0.165. The topological polar surface area (TPSA) is 6.48 Å². The average molecular weight is 350 g/mol. The number of benzene rings is 2. The largest absolute Gasteiger partial charge is 0.367 e. The maximum absolute atomic E-state index is 13.0. The van der Waals surface area contributed by atoms with Gasteiger partial charge in [-0.25, -0.2) is 4.39 Å². The van der Waals surface area contributed by atoms with Crippen molar-refractivity contribution in [1.82, 2.24) is 9.80 Å². The van der Waals surface area contributed by atoms with Gasteiger partial charge in [0.25, 0.3) is 0 Å². The molecule has 0 unspecified atom stereocenters. The van der Waals surface area contributed by atoms with Crippen molar-refractivity contribution in [3.63, 3.8) is 0 Å². The van der Waals surface area contributed by atoms with E-state index in [2.05, 4.69) is 40.6 Å². The summed E-state index contributed by atoms with van der Waals surface area (Å²) in [7, 11) is 0. The maximum atomic E-state index is 13.0. The summed E-state index contributed by atoms with van der Waals surface area (Å²) in [5.74, 6) is 0.600. The highest BCUT2D eigenvalue weighted by Gasteiger charge is 2.26. The van der Waals surface area contributed by atoms with Gasteiger partial charge in [0.1, 0.15) is 5.82 Å². The Kier molecular flexibility index (Phi) is 5.07. The molecule has 2 nitrogen and oxygen atoms in total. The summed E-state index contributed by atoms with van der Waals surface area (Å²) < 4.78 is 13.0. The van der Waals surface area contributed by atoms with Gasteiger partial charge < -0.3 is 9.80 Å². The van der Waals surface area contributed by atoms with Crippen LogP contribution >= 0.6 is 0 Å². The van der Waals surface area contributed by atoms with Crippen LogP contribution in [0.4, 0.5) is 4.39 Å². The maximum Gasteiger partial charge on any atom is 0.123 e. The van der Waals surface area contributed by atoms with Crippen molar-refractivity contribution in [2.24, 2.45) is 5.92 Å². The molecule has 2 heterocycles. The third-order valence-electron chi connectivity index (χ3n) is 5.89. The summed E-state index contributed by atoms with van der Waals surface area (Å²) in [5.41, 5.74) is 5.15. The zero-order valence-electron chi connectivity index (χ0n) is 15.3. The molecule has 0 radical (unpaired) electrons. The van der Waals surface area contributed by atoms with E-state index in [0.29, 0.717) is 0 Å². The Morgan fingerprint density at radius 1 is 1.00 bits per heavy atom. The number of halogens is 1. The summed E-state index contributed by atoms with van der Waals surface area (Å²) in [6.07, 6.45) is 3.51. The highest BCUT2D eigenvalue weighted by molar-refractivity contribution is 5.68. The molecule has 0 aliphatic carbocycles. The minimum Gasteiger partial charge on any atom is -0.367 e. The minimum atomic E-state index is -0.153. The van der Waals surface area contributed by atoms with E-state index in [9.17, 15) is 4.39 Å². The number of hydrogen-bond acceptors (Lipinski definition) is 2. The first kappa shape index (κ1) is 17.3. The Bertz CT molecular complexity index is 760. The molecule has 26 heavy (non-hydrogen) atoms. The van der Waals surface area contributed by atoms with Crippen LogP contribution < -0.4 is 0 Å². The Labute approximate surface area is 155 Å². The smallest absolute Gasteiger partial charge is 0.123 e. The monoisotopic (exact) mass is 350 g/mol. The van der Waals surface area contributed by atoms with Gasteiger partial charge in [-0.1, -0.05) is 43.0 Å². The first-order valence-corrected chi connectivity index (χ1v) is 9.68. The van der Waals surface area contributed by atoms with Crippen molar-refractivity contribution in [2.75, 3.05) is 26.2 Å². The molecule has 2 aliphatic heterocycles. The molecule has 3 heteroatoms. The Hall–Kier alpha value is -2.13. The SMILES string of the molecule is C=C1c2ccccc2CN1CC1CCN(CCc2ccc(F)cc2)CC1. The van der Waals surface area contributed by atoms with Gasteiger partial charge in [0, 0.05) is 30.9 Å². The zero-order chi connectivity index (χ0) is 17.9. The predicted octanol–water partition coefficient (Wildman–Crippen LogP) is 4.57. The second-order valence-corrected chi connectivity index (χ2v) is 7.65. The van der Waals surface area contributed by atoms with Crippen LogP contribution in [0.5, 0.6) is 0 Å². The number of fused-ring (bicyclic) bond motifs is 1. The number of piperidine rings is 1. The molecular formula is C23H27FN2. The molecule has 0 bridgehead atoms. The van der Waals surface area contributed by atoms with E-state index in [-0.39, 0.29) is 5.82 Å². The number of likely N-dealkylation sites (tertiary alicyclic amines) is 1. The van der Waals surface area contributed by atoms with Gasteiger partial charge in [-0.2, -0.15) is 0 Å². The number of rotatable bonds is 5. The average Bonchev–Trinajstić information content (AvgIpc) is 2.98. The van der Waals surface area contributed by atoms with Crippen LogP contribution in [0.3, 0.4) is 0 Å². The fraction of sp³-hybridized carbons (Fsp3) is 0.391. The van der Waals surface area contributed by atoms with Crippen LogP contribution in [0.25, 0.3) is 5.70 Å². The van der Waals surface area contributed by atoms with E-state index in [4.69, 9.17) is 0 Å². The van der Waals surface area contributed by atoms with E-state index in [0.717, 1.165) is 32.0 Å². The van der Waals surface area contributed by atoms with Crippen molar-refractivity contribution in [3.8, 4) is 0 Å². The van der Waals surface area contributed by atoms with Gasteiger partial charge in [-0.15, -0.1) is 0 Å². The molecule has 2 aromatic carbocycles. The summed E-state index contributed by atoms with van der Waals surface area (Å²) in [6.45, 7) is 9.85. The van der Waals surface area contributed by atoms with E-state index in [1.165, 1.54) is 48.3 Å². The molecular weight excluding hydrogens is 323 g/mol. The molecule has 0 saturated carbocycles. The molecule has 0 amide bonds. The fourth-order valence-electron chi connectivity index (χ4n) is 4.23. The normalized spacial score (nSPS) is 18.3. The van der Waals surface area contributed by atoms with Crippen molar-refractivity contribution < 1.29 is 4.39 Å². The van der Waals surface area contributed by atoms with Gasteiger partial charge in [0.15, 0.2) is 0 Å². The van der Waals surface area contributed by atoms with E-state index in [1.54, 1.807) is 12.1 Å². The number of hydrogen-bond donors (Lipinski definition) is 0. The summed E-state index contributed by atoms with van der Waals surface area (Å²) in [5, 5.41) is 0. The van der Waals surface area contributed by atoms with Gasteiger partial charge in [-0.3, -0.25) is 0 Å². The third kappa shape index (κ3) is 3.83. The van der Waals surface area contributed by atoms with Crippen molar-refractivity contribution >= 4 is 5.70 Å². The molecule has 2 aromatic rings. The quantitative estimate of drug-likeness (QED) is 0.779. The molecule has 1 fully saturated rings. The van der Waals surface area contributed by atoms with Crippen LogP contribution in [0, 0.1) is 11.7 Å². The van der Waals surface area contributed by atoms with Gasteiger partial charge in [0.2, 0.25) is 0 Å². The predicted molar refractivity (Wildman–Crippen MR) is 105 cm³/mol. The van der Waals surface area contributed by atoms with Gasteiger partial charge in [0.05, 0.1) is 0 Å². The minimum absolute atomic E-state index is 0.153. The Morgan fingerprint density at radius 2 is 1.73 bits per heavy atom. The van der Waals surface area contributed by atoms with Gasteiger partial charge in [-0.05, 0) is 61.5 Å². The second kappa shape index (κ2) is 7.63. The van der Waals surface area contributed by atoms with Crippen LogP contribution in [0.15, 0.2) is 55.1 Å². The zero-order valence-corrected chi connectivity index (χ0v) is 15.3. The Balaban J connectivity index is 1.23. The molecule has 0 aromatic heterocycles. The third-order valence-corrected chi connectivity index (χ3v) is 5.89. The van der Waals surface area contributed by atoms with Crippen LogP contribution in [-0.4, -0.2) is 36.0 Å². The Morgan fingerprint density at radius 3 is 2.46 bits per heavy atom. The highest BCUT2D eigenvalue weighted by atomic mass is 19.1. The lowest BCUT2D eigenvalue weighted by atomic mass is 9.95. The fourth-order valence-corrected chi connectivity index (χ4v) is 4.23. The van der Waals surface area contributed by atoms with Crippen LogP contribution in [0.2, 0.25) is 0 Å². The van der Waals surface area contributed by atoms with Crippen molar-refractivity contribution in [2.45, 2.75) is 25.8 Å². The molecule has 4 rings (SSSR count). The lowest BCUT2D eigenvalue weighted by Gasteiger charge is -2.34. The molecule has 1 saturated heterocycles. The van der Waals surface area contributed by atoms with E-state index in [1.807, 2.05) is 12.1 Å². The molecule has 0 N–H and O–H groups in total. The van der Waals surface area contributed by atoms with Crippen LogP contribution in [0.1, 0.15) is 29.5 Å². The van der Waals surface area contributed by atoms with Crippen molar-refractivity contribution in [1.29, 1.82) is 0 Å². The van der Waals surface area contributed by atoms with E-state index >= 15 is 0 Å². The first-order chi connectivity index (χ1) is 12.7. The van der Waals surface area contributed by atoms with E-state index < -0.39 is 0 Å². The molecule has 0 spiro atoms. The standard InChI is InChI=1S/C23H27FN2/c1-18-23-5-3-2-4-21(23)17-26(18)16-20-11-14-25(15-12-20)13-10-19-6-8-22(24)9-7-19/h2-9,20H,1,10-17H2. The number of nitrogens with zero attached hydrogens (tertiary/aromatic N) is 2. The van der Waals surface area contributed by atoms with Gasteiger partial charge >= 0.3 is 0 Å². The van der Waals surface area contributed by atoms with Crippen molar-refractivity contribution in [3.05, 3.63) is 77.6 Å². The highest BCUT2D eigenvalue weighted by Crippen LogP contribution is 2.33. The van der Waals surface area contributed by atoms with Crippen LogP contribution in [-0.2, 0) is 13.0 Å². The molecule has 136 valence electrons. The summed E-state index contributed by atoms with van der Waals surface area (Å²) in [4.78, 5) is 5.01. The summed E-state index contributed by atoms with van der Waals surface area (Å²) in [6, 6.07) is 15.6. The molecule has 0 atom stereocenters.